The van der Waals surface area contributed by atoms with Gasteiger partial charge in [-0.3, -0.25) is 9.59 Å². The van der Waals surface area contributed by atoms with Crippen LogP contribution in [-0.4, -0.2) is 17.0 Å². The standard InChI is InChI=1S/C15H19NO3/c1-9(11-3-4-11)14(17)16-13-7-5-12(6-8-13)10(2)15(18)19/h5-11H,3-4H2,1-2H3,(H,16,17)(H,18,19). The zero-order chi connectivity index (χ0) is 14.0. The minimum atomic E-state index is -0.848. The lowest BCUT2D eigenvalue weighted by Gasteiger charge is -2.12. The Morgan fingerprint density at radius 2 is 1.79 bits per heavy atom. The molecule has 2 unspecified atom stereocenters. The second-order valence-corrected chi connectivity index (χ2v) is 5.30. The third-order valence-electron chi connectivity index (χ3n) is 3.79. The first-order valence-corrected chi connectivity index (χ1v) is 6.62. The van der Waals surface area contributed by atoms with Gasteiger partial charge in [0.1, 0.15) is 0 Å². The van der Waals surface area contributed by atoms with Crippen molar-refractivity contribution in [1.82, 2.24) is 0 Å². The van der Waals surface area contributed by atoms with E-state index in [1.165, 1.54) is 0 Å². The van der Waals surface area contributed by atoms with Gasteiger partial charge in [0.15, 0.2) is 0 Å². The lowest BCUT2D eigenvalue weighted by molar-refractivity contribution is -0.138. The van der Waals surface area contributed by atoms with Gasteiger partial charge in [-0.05, 0) is 43.4 Å². The van der Waals surface area contributed by atoms with Gasteiger partial charge in [0, 0.05) is 11.6 Å². The number of hydrogen-bond donors (Lipinski definition) is 2. The zero-order valence-corrected chi connectivity index (χ0v) is 11.2. The summed E-state index contributed by atoms with van der Waals surface area (Å²) in [4.78, 5) is 22.8. The van der Waals surface area contributed by atoms with Crippen LogP contribution in [-0.2, 0) is 9.59 Å². The quantitative estimate of drug-likeness (QED) is 0.856. The molecule has 0 aliphatic heterocycles. The van der Waals surface area contributed by atoms with Crippen LogP contribution in [0.3, 0.4) is 0 Å². The number of hydrogen-bond acceptors (Lipinski definition) is 2. The van der Waals surface area contributed by atoms with Gasteiger partial charge in [0.2, 0.25) is 5.91 Å². The van der Waals surface area contributed by atoms with E-state index in [-0.39, 0.29) is 11.8 Å². The summed E-state index contributed by atoms with van der Waals surface area (Å²) in [6.45, 7) is 3.60. The number of carbonyl (C=O) groups excluding carboxylic acids is 1. The molecular formula is C15H19NO3. The molecule has 4 nitrogen and oxygen atoms in total. The molecule has 1 fully saturated rings. The second kappa shape index (κ2) is 5.43. The van der Waals surface area contributed by atoms with Gasteiger partial charge in [0.05, 0.1) is 5.92 Å². The zero-order valence-electron chi connectivity index (χ0n) is 11.2. The Kier molecular flexibility index (Phi) is 3.88. The largest absolute Gasteiger partial charge is 0.481 e. The van der Waals surface area contributed by atoms with E-state index in [9.17, 15) is 9.59 Å². The Morgan fingerprint density at radius 3 is 2.26 bits per heavy atom. The monoisotopic (exact) mass is 261 g/mol. The van der Waals surface area contributed by atoms with Gasteiger partial charge < -0.3 is 10.4 Å². The number of anilines is 1. The lowest BCUT2D eigenvalue weighted by atomic mass is 10.0. The molecule has 0 aromatic heterocycles. The highest BCUT2D eigenvalue weighted by Gasteiger charge is 2.32. The molecule has 2 rings (SSSR count). The molecule has 1 saturated carbocycles. The molecule has 1 aromatic carbocycles. The summed E-state index contributed by atoms with van der Waals surface area (Å²) in [6.07, 6.45) is 2.29. The maximum absolute atomic E-state index is 11.9. The fourth-order valence-electron chi connectivity index (χ4n) is 2.06. The van der Waals surface area contributed by atoms with E-state index in [1.54, 1.807) is 31.2 Å². The number of carboxylic acid groups (broad SMARTS) is 1. The first-order chi connectivity index (χ1) is 8.99. The smallest absolute Gasteiger partial charge is 0.310 e. The van der Waals surface area contributed by atoms with Crippen LogP contribution in [0.1, 0.15) is 38.2 Å². The first-order valence-electron chi connectivity index (χ1n) is 6.62. The lowest BCUT2D eigenvalue weighted by Crippen LogP contribution is -2.21. The SMILES string of the molecule is CC(C(=O)O)c1ccc(NC(=O)C(C)C2CC2)cc1. The summed E-state index contributed by atoms with van der Waals surface area (Å²) < 4.78 is 0. The predicted molar refractivity (Wildman–Crippen MR) is 73.0 cm³/mol. The third kappa shape index (κ3) is 3.34. The van der Waals surface area contributed by atoms with E-state index in [0.717, 1.165) is 24.1 Å². The van der Waals surface area contributed by atoms with Crippen molar-refractivity contribution in [3.05, 3.63) is 29.8 Å². The Hall–Kier alpha value is -1.84. The molecule has 102 valence electrons. The Labute approximate surface area is 112 Å². The molecule has 1 aromatic rings. The maximum atomic E-state index is 11.9. The van der Waals surface area contributed by atoms with E-state index in [1.807, 2.05) is 6.92 Å². The molecular weight excluding hydrogens is 242 g/mol. The Bertz CT molecular complexity index is 477. The van der Waals surface area contributed by atoms with Crippen molar-refractivity contribution in [2.45, 2.75) is 32.6 Å². The number of rotatable bonds is 5. The van der Waals surface area contributed by atoms with Gasteiger partial charge in [-0.25, -0.2) is 0 Å². The van der Waals surface area contributed by atoms with Crippen LogP contribution < -0.4 is 5.32 Å². The molecule has 2 atom stereocenters. The summed E-state index contributed by atoms with van der Waals surface area (Å²) >= 11 is 0. The van der Waals surface area contributed by atoms with Crippen LogP contribution in [0.2, 0.25) is 0 Å². The number of nitrogens with one attached hydrogen (secondary N) is 1. The maximum Gasteiger partial charge on any atom is 0.310 e. The van der Waals surface area contributed by atoms with E-state index in [2.05, 4.69) is 5.32 Å². The molecule has 0 saturated heterocycles. The summed E-state index contributed by atoms with van der Waals surface area (Å²) in [6, 6.07) is 7.00. The molecule has 19 heavy (non-hydrogen) atoms. The fraction of sp³-hybridized carbons (Fsp3) is 0.467. The van der Waals surface area contributed by atoms with Crippen molar-refractivity contribution < 1.29 is 14.7 Å². The van der Waals surface area contributed by atoms with Crippen LogP contribution in [0.4, 0.5) is 5.69 Å². The van der Waals surface area contributed by atoms with Crippen molar-refractivity contribution in [3.63, 3.8) is 0 Å². The van der Waals surface area contributed by atoms with Crippen LogP contribution in [0.15, 0.2) is 24.3 Å². The van der Waals surface area contributed by atoms with Crippen molar-refractivity contribution >= 4 is 17.6 Å². The van der Waals surface area contributed by atoms with Gasteiger partial charge in [0.25, 0.3) is 0 Å². The van der Waals surface area contributed by atoms with Crippen molar-refractivity contribution in [2.75, 3.05) is 5.32 Å². The van der Waals surface area contributed by atoms with E-state index < -0.39 is 11.9 Å². The van der Waals surface area contributed by atoms with Crippen molar-refractivity contribution in [2.24, 2.45) is 11.8 Å². The summed E-state index contributed by atoms with van der Waals surface area (Å²) in [7, 11) is 0. The number of amides is 1. The summed E-state index contributed by atoms with van der Waals surface area (Å²) in [5.74, 6) is -0.750. The third-order valence-corrected chi connectivity index (χ3v) is 3.79. The molecule has 2 N–H and O–H groups in total. The van der Waals surface area contributed by atoms with Gasteiger partial charge in [-0.1, -0.05) is 19.1 Å². The molecule has 0 heterocycles. The molecule has 1 amide bonds. The molecule has 0 bridgehead atoms. The van der Waals surface area contributed by atoms with Crippen molar-refractivity contribution in [1.29, 1.82) is 0 Å². The minimum absolute atomic E-state index is 0.0431. The van der Waals surface area contributed by atoms with Gasteiger partial charge in [-0.15, -0.1) is 0 Å². The van der Waals surface area contributed by atoms with Gasteiger partial charge in [-0.2, -0.15) is 0 Å². The first kappa shape index (κ1) is 13.6. The average Bonchev–Trinajstić information content (AvgIpc) is 3.22. The fourth-order valence-corrected chi connectivity index (χ4v) is 2.06. The number of carbonyl (C=O) groups is 2. The average molecular weight is 261 g/mol. The highest BCUT2D eigenvalue weighted by molar-refractivity contribution is 5.92. The number of carboxylic acids is 1. The highest BCUT2D eigenvalue weighted by atomic mass is 16.4. The van der Waals surface area contributed by atoms with Crippen LogP contribution >= 0.6 is 0 Å². The van der Waals surface area contributed by atoms with E-state index in [0.29, 0.717) is 5.92 Å². The minimum Gasteiger partial charge on any atom is -0.481 e. The number of benzene rings is 1. The van der Waals surface area contributed by atoms with E-state index in [4.69, 9.17) is 5.11 Å². The normalized spacial score (nSPS) is 17.6. The molecule has 1 aliphatic rings. The summed E-state index contributed by atoms with van der Waals surface area (Å²) in [5.41, 5.74) is 1.46. The second-order valence-electron chi connectivity index (χ2n) is 5.30. The van der Waals surface area contributed by atoms with E-state index >= 15 is 0 Å². The number of aliphatic carboxylic acids is 1. The topological polar surface area (TPSA) is 66.4 Å². The van der Waals surface area contributed by atoms with Crippen LogP contribution in [0.5, 0.6) is 0 Å². The predicted octanol–water partition coefficient (Wildman–Crippen LogP) is 2.86. The molecule has 0 spiro atoms. The summed E-state index contributed by atoms with van der Waals surface area (Å²) in [5, 5.41) is 11.8. The Morgan fingerprint density at radius 1 is 1.21 bits per heavy atom. The van der Waals surface area contributed by atoms with Gasteiger partial charge >= 0.3 is 5.97 Å². The van der Waals surface area contributed by atoms with Crippen LogP contribution in [0, 0.1) is 11.8 Å². The highest BCUT2D eigenvalue weighted by Crippen LogP contribution is 2.37. The molecule has 0 radical (unpaired) electrons. The molecule has 1 aliphatic carbocycles. The molecule has 4 heteroatoms. The van der Waals surface area contributed by atoms with Crippen LogP contribution in [0.25, 0.3) is 0 Å². The Balaban J connectivity index is 1.98. The van der Waals surface area contributed by atoms with Crippen molar-refractivity contribution in [3.8, 4) is 0 Å².